The monoisotopic (exact) mass is 171 g/mol. The molecule has 70 valence electrons. The van der Waals surface area contributed by atoms with Crippen molar-refractivity contribution in [2.24, 2.45) is 11.3 Å². The fourth-order valence-corrected chi connectivity index (χ4v) is 1.53. The van der Waals surface area contributed by atoms with Gasteiger partial charge in [0.2, 0.25) is 5.91 Å². The molecule has 0 spiro atoms. The fraction of sp³-hybridized carbons (Fsp3) is 0.889. The van der Waals surface area contributed by atoms with Crippen LogP contribution in [0.1, 0.15) is 27.7 Å². The lowest BCUT2D eigenvalue weighted by Gasteiger charge is -2.23. The molecule has 0 aromatic heterocycles. The molecule has 1 saturated heterocycles. The minimum atomic E-state index is -0.630. The maximum Gasteiger partial charge on any atom is 0.228 e. The van der Waals surface area contributed by atoms with Gasteiger partial charge in [-0.1, -0.05) is 13.8 Å². The van der Waals surface area contributed by atoms with Crippen LogP contribution < -0.4 is 5.32 Å². The van der Waals surface area contributed by atoms with E-state index in [1.54, 1.807) is 13.8 Å². The first-order valence-electron chi connectivity index (χ1n) is 4.36. The Morgan fingerprint density at radius 3 is 2.17 bits per heavy atom. The average Bonchev–Trinajstić information content (AvgIpc) is 2.13. The second-order valence-electron chi connectivity index (χ2n) is 4.41. The van der Waals surface area contributed by atoms with Crippen LogP contribution in [0.5, 0.6) is 0 Å². The number of nitrogens with one attached hydrogen (secondary N) is 1. The van der Waals surface area contributed by atoms with Gasteiger partial charge < -0.3 is 10.4 Å². The fourth-order valence-electron chi connectivity index (χ4n) is 1.53. The minimum Gasteiger partial charge on any atom is -0.390 e. The second kappa shape index (κ2) is 2.73. The summed E-state index contributed by atoms with van der Waals surface area (Å²) in [5.41, 5.74) is -0.630. The molecule has 0 aromatic carbocycles. The highest BCUT2D eigenvalue weighted by Crippen LogP contribution is 2.31. The van der Waals surface area contributed by atoms with Gasteiger partial charge >= 0.3 is 0 Å². The molecule has 0 aromatic rings. The Balaban J connectivity index is 2.83. The standard InChI is InChI=1S/C9H17NO2/c1-5(2)6-7(11)9(3,4)8(12)10-6/h5-7,11H,1-4H3,(H,10,12)/t6-,7?/m0/s1. The van der Waals surface area contributed by atoms with E-state index in [0.717, 1.165) is 0 Å². The van der Waals surface area contributed by atoms with E-state index in [9.17, 15) is 9.90 Å². The molecule has 0 aliphatic carbocycles. The van der Waals surface area contributed by atoms with Crippen molar-refractivity contribution in [3.05, 3.63) is 0 Å². The summed E-state index contributed by atoms with van der Waals surface area (Å²) in [7, 11) is 0. The van der Waals surface area contributed by atoms with Gasteiger partial charge in [-0.3, -0.25) is 4.79 Å². The molecule has 2 atom stereocenters. The lowest BCUT2D eigenvalue weighted by molar-refractivity contribution is -0.128. The van der Waals surface area contributed by atoms with Crippen molar-refractivity contribution in [3.63, 3.8) is 0 Å². The summed E-state index contributed by atoms with van der Waals surface area (Å²) in [5, 5.41) is 12.6. The lowest BCUT2D eigenvalue weighted by atomic mass is 9.84. The third-order valence-corrected chi connectivity index (χ3v) is 2.68. The van der Waals surface area contributed by atoms with Crippen molar-refractivity contribution in [1.29, 1.82) is 0 Å². The van der Waals surface area contributed by atoms with E-state index in [2.05, 4.69) is 5.32 Å². The van der Waals surface area contributed by atoms with Crippen molar-refractivity contribution in [3.8, 4) is 0 Å². The average molecular weight is 171 g/mol. The van der Waals surface area contributed by atoms with Gasteiger partial charge in [0.05, 0.1) is 17.6 Å². The Labute approximate surface area is 73.2 Å². The van der Waals surface area contributed by atoms with Crippen molar-refractivity contribution in [2.75, 3.05) is 0 Å². The molecular formula is C9H17NO2. The molecule has 3 nitrogen and oxygen atoms in total. The Morgan fingerprint density at radius 1 is 1.50 bits per heavy atom. The smallest absolute Gasteiger partial charge is 0.228 e. The van der Waals surface area contributed by atoms with Crippen LogP contribution in [0.3, 0.4) is 0 Å². The first-order valence-corrected chi connectivity index (χ1v) is 4.36. The third kappa shape index (κ3) is 1.22. The van der Waals surface area contributed by atoms with Crippen LogP contribution in [-0.4, -0.2) is 23.2 Å². The number of hydrogen-bond acceptors (Lipinski definition) is 2. The van der Waals surface area contributed by atoms with Crippen LogP contribution in [-0.2, 0) is 4.79 Å². The van der Waals surface area contributed by atoms with Crippen LogP contribution in [0.15, 0.2) is 0 Å². The molecule has 12 heavy (non-hydrogen) atoms. The zero-order chi connectivity index (χ0) is 9.52. The Kier molecular flexibility index (Phi) is 2.17. The molecule has 3 heteroatoms. The summed E-state index contributed by atoms with van der Waals surface area (Å²) in [6.45, 7) is 7.54. The first kappa shape index (κ1) is 9.52. The highest BCUT2D eigenvalue weighted by atomic mass is 16.3. The molecule has 1 fully saturated rings. The molecule has 2 N–H and O–H groups in total. The third-order valence-electron chi connectivity index (χ3n) is 2.68. The molecule has 1 unspecified atom stereocenters. The van der Waals surface area contributed by atoms with Gasteiger partial charge in [0, 0.05) is 0 Å². The normalized spacial score (nSPS) is 34.0. The predicted octanol–water partition coefficient (Wildman–Crippen LogP) is 0.528. The van der Waals surface area contributed by atoms with Gasteiger partial charge in [-0.2, -0.15) is 0 Å². The summed E-state index contributed by atoms with van der Waals surface area (Å²) in [6, 6.07) is -0.0903. The van der Waals surface area contributed by atoms with E-state index in [1.165, 1.54) is 0 Å². The molecule has 1 heterocycles. The molecule has 1 amide bonds. The highest BCUT2D eigenvalue weighted by Gasteiger charge is 2.48. The number of carbonyl (C=O) groups is 1. The molecule has 1 aliphatic heterocycles. The quantitative estimate of drug-likeness (QED) is 0.604. The molecule has 1 aliphatic rings. The maximum absolute atomic E-state index is 11.4. The van der Waals surface area contributed by atoms with Crippen molar-refractivity contribution < 1.29 is 9.90 Å². The second-order valence-corrected chi connectivity index (χ2v) is 4.41. The van der Waals surface area contributed by atoms with Gasteiger partial charge in [-0.25, -0.2) is 0 Å². The predicted molar refractivity (Wildman–Crippen MR) is 46.6 cm³/mol. The lowest BCUT2D eigenvalue weighted by Crippen LogP contribution is -2.38. The zero-order valence-corrected chi connectivity index (χ0v) is 8.09. The summed E-state index contributed by atoms with van der Waals surface area (Å²) < 4.78 is 0. The van der Waals surface area contributed by atoms with Gasteiger partial charge in [-0.05, 0) is 19.8 Å². The number of hydrogen-bond donors (Lipinski definition) is 2. The summed E-state index contributed by atoms with van der Waals surface area (Å²) in [6.07, 6.45) is -0.565. The first-order chi connectivity index (χ1) is 5.37. The van der Waals surface area contributed by atoms with Gasteiger partial charge in [0.1, 0.15) is 0 Å². The van der Waals surface area contributed by atoms with E-state index < -0.39 is 11.5 Å². The van der Waals surface area contributed by atoms with Gasteiger partial charge in [0.15, 0.2) is 0 Å². The summed E-state index contributed by atoms with van der Waals surface area (Å²) >= 11 is 0. The van der Waals surface area contributed by atoms with Gasteiger partial charge in [-0.15, -0.1) is 0 Å². The Hall–Kier alpha value is -0.570. The van der Waals surface area contributed by atoms with E-state index in [1.807, 2.05) is 13.8 Å². The van der Waals surface area contributed by atoms with Crippen LogP contribution in [0.2, 0.25) is 0 Å². The number of carbonyl (C=O) groups excluding carboxylic acids is 1. The van der Waals surface area contributed by atoms with Crippen molar-refractivity contribution in [1.82, 2.24) is 5.32 Å². The summed E-state index contributed by atoms with van der Waals surface area (Å²) in [4.78, 5) is 11.4. The molecule has 0 radical (unpaired) electrons. The topological polar surface area (TPSA) is 49.3 Å². The number of aliphatic hydroxyl groups excluding tert-OH is 1. The van der Waals surface area contributed by atoms with Gasteiger partial charge in [0.25, 0.3) is 0 Å². The number of aliphatic hydroxyl groups is 1. The largest absolute Gasteiger partial charge is 0.390 e. The Bertz CT molecular complexity index is 199. The van der Waals surface area contributed by atoms with Crippen LogP contribution in [0.25, 0.3) is 0 Å². The van der Waals surface area contributed by atoms with Crippen LogP contribution >= 0.6 is 0 Å². The van der Waals surface area contributed by atoms with Crippen LogP contribution in [0, 0.1) is 11.3 Å². The molecule has 0 saturated carbocycles. The van der Waals surface area contributed by atoms with E-state index in [4.69, 9.17) is 0 Å². The molecule has 1 rings (SSSR count). The maximum atomic E-state index is 11.4. The number of rotatable bonds is 1. The summed E-state index contributed by atoms with van der Waals surface area (Å²) in [5.74, 6) is 0.236. The van der Waals surface area contributed by atoms with Crippen molar-refractivity contribution >= 4 is 5.91 Å². The van der Waals surface area contributed by atoms with Crippen molar-refractivity contribution in [2.45, 2.75) is 39.8 Å². The van der Waals surface area contributed by atoms with E-state index in [-0.39, 0.29) is 17.9 Å². The van der Waals surface area contributed by atoms with E-state index >= 15 is 0 Å². The minimum absolute atomic E-state index is 0.0475. The highest BCUT2D eigenvalue weighted by molar-refractivity contribution is 5.85. The Morgan fingerprint density at radius 2 is 2.00 bits per heavy atom. The van der Waals surface area contributed by atoms with E-state index in [0.29, 0.717) is 0 Å². The van der Waals surface area contributed by atoms with Crippen LogP contribution in [0.4, 0.5) is 0 Å². The number of amides is 1. The SMILES string of the molecule is CC(C)[C@@H]1NC(=O)C(C)(C)C1O. The molecular weight excluding hydrogens is 154 g/mol. The molecule has 0 bridgehead atoms. The zero-order valence-electron chi connectivity index (χ0n) is 8.09.